The number of hydrogen-bond acceptors (Lipinski definition) is 4. The molecule has 0 aromatic heterocycles. The lowest BCUT2D eigenvalue weighted by molar-refractivity contribution is -0.137. The Morgan fingerprint density at radius 3 is 2.37 bits per heavy atom. The first-order valence-corrected chi connectivity index (χ1v) is 9.62. The van der Waals surface area contributed by atoms with Gasteiger partial charge in [-0.05, 0) is 61.4 Å². The van der Waals surface area contributed by atoms with E-state index in [2.05, 4.69) is 0 Å². The minimum atomic E-state index is -4.37. The minimum absolute atomic E-state index is 0.00897. The first-order chi connectivity index (χ1) is 12.8. The summed E-state index contributed by atoms with van der Waals surface area (Å²) < 4.78 is 48.5. The third-order valence-electron chi connectivity index (χ3n) is 3.67. The van der Waals surface area contributed by atoms with Gasteiger partial charge in [0.25, 0.3) is 0 Å². The Hall–Kier alpha value is -1.86. The van der Waals surface area contributed by atoms with Crippen molar-refractivity contribution >= 4 is 11.8 Å². The average molecular weight is 400 g/mol. The fraction of sp³-hybridized carbons (Fsp3) is 0.400. The fourth-order valence-corrected chi connectivity index (χ4v) is 3.16. The number of thioether (sulfide) groups is 1. The molecule has 0 bridgehead atoms. The monoisotopic (exact) mass is 400 g/mol. The number of halogens is 3. The lowest BCUT2D eigenvalue weighted by Gasteiger charge is -2.14. The molecule has 0 aliphatic carbocycles. The van der Waals surface area contributed by atoms with Crippen molar-refractivity contribution in [3.8, 4) is 11.5 Å². The summed E-state index contributed by atoms with van der Waals surface area (Å²) in [5, 5.41) is 10.0. The Morgan fingerprint density at radius 2 is 1.78 bits per heavy atom. The van der Waals surface area contributed by atoms with E-state index in [-0.39, 0.29) is 6.61 Å². The number of aryl methyl sites for hydroxylation is 1. The normalized spacial score (nSPS) is 12.7. The van der Waals surface area contributed by atoms with Gasteiger partial charge >= 0.3 is 6.18 Å². The van der Waals surface area contributed by atoms with Gasteiger partial charge in [-0.15, -0.1) is 11.8 Å². The maximum atomic E-state index is 12.5. The first-order valence-electron chi connectivity index (χ1n) is 8.64. The Bertz CT molecular complexity index is 717. The van der Waals surface area contributed by atoms with Crippen molar-refractivity contribution in [2.45, 2.75) is 37.4 Å². The van der Waals surface area contributed by atoms with Gasteiger partial charge in [-0.25, -0.2) is 0 Å². The molecule has 2 rings (SSSR count). The van der Waals surface area contributed by atoms with Crippen LogP contribution in [0.25, 0.3) is 0 Å². The van der Waals surface area contributed by atoms with E-state index in [0.29, 0.717) is 18.1 Å². The number of aliphatic hydroxyl groups excluding tert-OH is 1. The molecule has 1 atom stereocenters. The molecule has 0 saturated carbocycles. The summed E-state index contributed by atoms with van der Waals surface area (Å²) >= 11 is 1.48. The number of rotatable bonds is 9. The lowest BCUT2D eigenvalue weighted by atomic mass is 10.2. The van der Waals surface area contributed by atoms with Crippen LogP contribution in [0.2, 0.25) is 0 Å². The molecule has 0 fully saturated rings. The van der Waals surface area contributed by atoms with Gasteiger partial charge < -0.3 is 14.6 Å². The predicted molar refractivity (Wildman–Crippen MR) is 101 cm³/mol. The molecule has 0 aliphatic heterocycles. The van der Waals surface area contributed by atoms with Crippen molar-refractivity contribution in [2.24, 2.45) is 0 Å². The van der Waals surface area contributed by atoms with Crippen LogP contribution < -0.4 is 9.47 Å². The number of benzene rings is 2. The van der Waals surface area contributed by atoms with E-state index in [1.54, 1.807) is 0 Å². The number of aliphatic hydroxyl groups is 1. The summed E-state index contributed by atoms with van der Waals surface area (Å²) in [5.74, 6) is 1.56. The highest BCUT2D eigenvalue weighted by molar-refractivity contribution is 7.99. The van der Waals surface area contributed by atoms with Crippen LogP contribution in [0.3, 0.4) is 0 Å². The Kier molecular flexibility index (Phi) is 7.86. The molecule has 3 nitrogen and oxygen atoms in total. The van der Waals surface area contributed by atoms with Crippen LogP contribution in [0.4, 0.5) is 13.2 Å². The van der Waals surface area contributed by atoms with E-state index in [0.717, 1.165) is 34.8 Å². The quantitative estimate of drug-likeness (QED) is 0.577. The summed E-state index contributed by atoms with van der Waals surface area (Å²) in [6, 6.07) is 10.3. The standard InChI is InChI=1S/C20H23F3O3S/c1-3-10-25-19-9-8-18(11-14(19)2)27-13-16(24)12-26-17-6-4-15(5-7-17)20(21,22)23/h4-9,11,16,24H,3,10,12-13H2,1-2H3. The van der Waals surface area contributed by atoms with Crippen LogP contribution in [-0.4, -0.2) is 30.2 Å². The highest BCUT2D eigenvalue weighted by Crippen LogP contribution is 2.30. The molecule has 27 heavy (non-hydrogen) atoms. The van der Waals surface area contributed by atoms with Crippen LogP contribution in [-0.2, 0) is 6.18 Å². The van der Waals surface area contributed by atoms with Gasteiger partial charge in [-0.3, -0.25) is 0 Å². The number of ether oxygens (including phenoxy) is 2. The van der Waals surface area contributed by atoms with Gasteiger partial charge in [0.05, 0.1) is 18.3 Å². The second kappa shape index (κ2) is 9.90. The summed E-state index contributed by atoms with van der Waals surface area (Å²) in [6.07, 6.45) is -4.17. The SMILES string of the molecule is CCCOc1ccc(SCC(O)COc2ccc(C(F)(F)F)cc2)cc1C. The van der Waals surface area contributed by atoms with E-state index in [1.165, 1.54) is 23.9 Å². The largest absolute Gasteiger partial charge is 0.493 e. The van der Waals surface area contributed by atoms with Crippen LogP contribution in [0, 0.1) is 6.92 Å². The number of hydrogen-bond donors (Lipinski definition) is 1. The molecule has 2 aromatic rings. The zero-order valence-electron chi connectivity index (χ0n) is 15.3. The average Bonchev–Trinajstić information content (AvgIpc) is 2.63. The molecule has 1 unspecified atom stereocenters. The van der Waals surface area contributed by atoms with Crippen molar-refractivity contribution in [1.29, 1.82) is 0 Å². The van der Waals surface area contributed by atoms with Crippen LogP contribution in [0.1, 0.15) is 24.5 Å². The van der Waals surface area contributed by atoms with Crippen molar-refractivity contribution in [3.05, 3.63) is 53.6 Å². The van der Waals surface area contributed by atoms with Crippen molar-refractivity contribution in [1.82, 2.24) is 0 Å². The molecule has 0 radical (unpaired) electrons. The Balaban J connectivity index is 1.79. The van der Waals surface area contributed by atoms with Gasteiger partial charge in [-0.2, -0.15) is 13.2 Å². The molecule has 7 heteroatoms. The fourth-order valence-electron chi connectivity index (χ4n) is 2.26. The zero-order valence-corrected chi connectivity index (χ0v) is 16.1. The molecule has 148 valence electrons. The second-order valence-electron chi connectivity index (χ2n) is 6.07. The Labute approximate surface area is 161 Å². The predicted octanol–water partition coefficient (Wildman–Crippen LogP) is 5.33. The van der Waals surface area contributed by atoms with Gasteiger partial charge in [0, 0.05) is 10.6 Å². The van der Waals surface area contributed by atoms with E-state index in [1.807, 2.05) is 32.0 Å². The van der Waals surface area contributed by atoms with Crippen molar-refractivity contribution in [3.63, 3.8) is 0 Å². The molecular formula is C20H23F3O3S. The molecule has 0 heterocycles. The topological polar surface area (TPSA) is 38.7 Å². The van der Waals surface area contributed by atoms with Crippen molar-refractivity contribution < 1.29 is 27.8 Å². The van der Waals surface area contributed by atoms with Gasteiger partial charge in [0.15, 0.2) is 0 Å². The molecule has 1 N–H and O–H groups in total. The van der Waals surface area contributed by atoms with E-state index < -0.39 is 17.8 Å². The first kappa shape index (κ1) is 21.4. The molecule has 0 amide bonds. The zero-order chi connectivity index (χ0) is 19.9. The highest BCUT2D eigenvalue weighted by Gasteiger charge is 2.30. The lowest BCUT2D eigenvalue weighted by Crippen LogP contribution is -2.20. The van der Waals surface area contributed by atoms with Crippen LogP contribution in [0.15, 0.2) is 47.4 Å². The molecule has 0 saturated heterocycles. The summed E-state index contributed by atoms with van der Waals surface area (Å²) in [7, 11) is 0. The molecule has 2 aromatic carbocycles. The van der Waals surface area contributed by atoms with Gasteiger partial charge in [-0.1, -0.05) is 6.92 Å². The van der Waals surface area contributed by atoms with E-state index in [9.17, 15) is 18.3 Å². The highest BCUT2D eigenvalue weighted by atomic mass is 32.2. The summed E-state index contributed by atoms with van der Waals surface area (Å²) in [4.78, 5) is 1.00. The summed E-state index contributed by atoms with van der Waals surface area (Å²) in [5.41, 5.74) is 0.302. The minimum Gasteiger partial charge on any atom is -0.493 e. The smallest absolute Gasteiger partial charge is 0.416 e. The van der Waals surface area contributed by atoms with Gasteiger partial charge in [0.2, 0.25) is 0 Å². The van der Waals surface area contributed by atoms with Crippen LogP contribution in [0.5, 0.6) is 11.5 Å². The third kappa shape index (κ3) is 6.99. The molecule has 0 spiro atoms. The Morgan fingerprint density at radius 1 is 1.07 bits per heavy atom. The third-order valence-corrected chi connectivity index (χ3v) is 4.81. The van der Waals surface area contributed by atoms with E-state index in [4.69, 9.17) is 9.47 Å². The maximum Gasteiger partial charge on any atom is 0.416 e. The number of alkyl halides is 3. The van der Waals surface area contributed by atoms with Crippen molar-refractivity contribution in [2.75, 3.05) is 19.0 Å². The second-order valence-corrected chi connectivity index (χ2v) is 7.17. The summed E-state index contributed by atoms with van der Waals surface area (Å²) in [6.45, 7) is 4.70. The maximum absolute atomic E-state index is 12.5. The molecular weight excluding hydrogens is 377 g/mol. The molecule has 0 aliphatic rings. The van der Waals surface area contributed by atoms with Gasteiger partial charge in [0.1, 0.15) is 18.1 Å². The van der Waals surface area contributed by atoms with Crippen LogP contribution >= 0.6 is 11.8 Å². The van der Waals surface area contributed by atoms with E-state index >= 15 is 0 Å².